The second-order valence-corrected chi connectivity index (χ2v) is 8.23. The smallest absolute Gasteiger partial charge is 0.251 e. The number of hydrogen-bond donors (Lipinski definition) is 2. The van der Waals surface area contributed by atoms with E-state index in [1.165, 1.54) is 63.5 Å². The van der Waals surface area contributed by atoms with Gasteiger partial charge >= 0.3 is 0 Å². The third-order valence-electron chi connectivity index (χ3n) is 4.57. The van der Waals surface area contributed by atoms with Crippen molar-refractivity contribution in [2.75, 3.05) is 26.8 Å². The molecule has 0 unspecified atom stereocenters. The number of nitrogens with one attached hydrogen (secondary N) is 2. The van der Waals surface area contributed by atoms with Crippen LogP contribution in [0.4, 0.5) is 0 Å². The van der Waals surface area contributed by atoms with E-state index in [1.807, 2.05) is 0 Å². The van der Waals surface area contributed by atoms with Crippen LogP contribution in [0.25, 0.3) is 0 Å². The monoisotopic (exact) mass is 368 g/mol. The van der Waals surface area contributed by atoms with E-state index in [2.05, 4.69) is 10.0 Å². The van der Waals surface area contributed by atoms with Crippen LogP contribution in [0, 0.1) is 5.92 Å². The molecule has 1 fully saturated rings. The first-order chi connectivity index (χ1) is 12.0. The first-order valence-corrected chi connectivity index (χ1v) is 10.4. The second kappa shape index (κ2) is 9.89. The van der Waals surface area contributed by atoms with Gasteiger partial charge in [-0.05, 0) is 43.0 Å². The van der Waals surface area contributed by atoms with Gasteiger partial charge in [-0.2, -0.15) is 0 Å². The summed E-state index contributed by atoms with van der Waals surface area (Å²) in [6, 6.07) is 5.97. The minimum Gasteiger partial charge on any atom is -0.383 e. The molecule has 0 heterocycles. The topological polar surface area (TPSA) is 84.5 Å². The van der Waals surface area contributed by atoms with Crippen molar-refractivity contribution in [3.63, 3.8) is 0 Å². The average molecular weight is 368 g/mol. The molecule has 0 bridgehead atoms. The molecule has 0 aromatic heterocycles. The van der Waals surface area contributed by atoms with Gasteiger partial charge in [0.1, 0.15) is 0 Å². The lowest BCUT2D eigenvalue weighted by atomic mass is 10.0. The van der Waals surface area contributed by atoms with Gasteiger partial charge in [-0.25, -0.2) is 13.1 Å². The highest BCUT2D eigenvalue weighted by Gasteiger charge is 2.16. The first kappa shape index (κ1) is 19.9. The van der Waals surface area contributed by atoms with Crippen molar-refractivity contribution in [2.45, 2.75) is 43.4 Å². The number of carbonyl (C=O) groups excluding carboxylic acids is 1. The molecular formula is C18H28N2O4S. The molecule has 1 saturated carbocycles. The van der Waals surface area contributed by atoms with Crippen molar-refractivity contribution < 1.29 is 17.9 Å². The summed E-state index contributed by atoms with van der Waals surface area (Å²) < 4.78 is 31.4. The maximum absolute atomic E-state index is 12.1. The van der Waals surface area contributed by atoms with Crippen LogP contribution < -0.4 is 10.0 Å². The highest BCUT2D eigenvalue weighted by Crippen LogP contribution is 2.28. The lowest BCUT2D eigenvalue weighted by molar-refractivity contribution is 0.0952. The molecule has 2 N–H and O–H groups in total. The van der Waals surface area contributed by atoms with Crippen LogP contribution in [0.2, 0.25) is 0 Å². The summed E-state index contributed by atoms with van der Waals surface area (Å²) in [6.45, 7) is 1.18. The summed E-state index contributed by atoms with van der Waals surface area (Å²) >= 11 is 0. The van der Waals surface area contributed by atoms with E-state index in [-0.39, 0.29) is 17.3 Å². The fourth-order valence-corrected chi connectivity index (χ4v) is 4.15. The zero-order valence-corrected chi connectivity index (χ0v) is 15.6. The summed E-state index contributed by atoms with van der Waals surface area (Å²) in [5.41, 5.74) is 0.469. The van der Waals surface area contributed by atoms with E-state index in [0.29, 0.717) is 18.7 Å². The molecule has 25 heavy (non-hydrogen) atoms. The SMILES string of the molecule is COCCNS(=O)(=O)c1ccc(C(=O)NCCCC2CCCC2)cc1. The molecule has 0 saturated heterocycles. The molecular weight excluding hydrogens is 340 g/mol. The molecule has 1 aliphatic carbocycles. The van der Waals surface area contributed by atoms with E-state index in [0.717, 1.165) is 12.3 Å². The maximum Gasteiger partial charge on any atom is 0.251 e. The number of hydrogen-bond acceptors (Lipinski definition) is 4. The van der Waals surface area contributed by atoms with Gasteiger partial charge in [-0.15, -0.1) is 0 Å². The lowest BCUT2D eigenvalue weighted by Gasteiger charge is -2.10. The fraction of sp³-hybridized carbons (Fsp3) is 0.611. The molecule has 1 aromatic rings. The minimum absolute atomic E-state index is 0.140. The van der Waals surface area contributed by atoms with Crippen LogP contribution in [-0.2, 0) is 14.8 Å². The third kappa shape index (κ3) is 6.41. The standard InChI is InChI=1S/C18H28N2O4S/c1-24-14-13-20-25(22,23)17-10-8-16(9-11-17)18(21)19-12-4-7-15-5-2-3-6-15/h8-11,15,20H,2-7,12-14H2,1H3,(H,19,21). The van der Waals surface area contributed by atoms with Crippen LogP contribution in [-0.4, -0.2) is 41.1 Å². The van der Waals surface area contributed by atoms with Gasteiger partial charge in [-0.1, -0.05) is 25.7 Å². The van der Waals surface area contributed by atoms with E-state index in [4.69, 9.17) is 4.74 Å². The van der Waals surface area contributed by atoms with Gasteiger partial charge in [0.05, 0.1) is 11.5 Å². The van der Waals surface area contributed by atoms with Crippen LogP contribution in [0.5, 0.6) is 0 Å². The number of methoxy groups -OCH3 is 1. The number of amides is 1. The number of benzene rings is 1. The van der Waals surface area contributed by atoms with E-state index >= 15 is 0 Å². The minimum atomic E-state index is -3.57. The molecule has 1 amide bonds. The Hall–Kier alpha value is -1.44. The molecule has 7 heteroatoms. The van der Waals surface area contributed by atoms with E-state index < -0.39 is 10.0 Å². The molecule has 140 valence electrons. The first-order valence-electron chi connectivity index (χ1n) is 8.90. The molecule has 1 aromatic carbocycles. The van der Waals surface area contributed by atoms with Crippen molar-refractivity contribution in [2.24, 2.45) is 5.92 Å². The van der Waals surface area contributed by atoms with E-state index in [9.17, 15) is 13.2 Å². The maximum atomic E-state index is 12.1. The average Bonchev–Trinajstić information content (AvgIpc) is 3.12. The highest BCUT2D eigenvalue weighted by molar-refractivity contribution is 7.89. The predicted octanol–water partition coefficient (Wildman–Crippen LogP) is 2.31. The number of sulfonamides is 1. The van der Waals surface area contributed by atoms with Crippen LogP contribution in [0.15, 0.2) is 29.2 Å². The number of carbonyl (C=O) groups is 1. The normalized spacial score (nSPS) is 15.4. The van der Waals surface area contributed by atoms with Crippen LogP contribution in [0.3, 0.4) is 0 Å². The third-order valence-corrected chi connectivity index (χ3v) is 6.05. The lowest BCUT2D eigenvalue weighted by Crippen LogP contribution is -2.27. The summed E-state index contributed by atoms with van der Waals surface area (Å²) in [5.74, 6) is 0.662. The largest absolute Gasteiger partial charge is 0.383 e. The quantitative estimate of drug-likeness (QED) is 0.621. The van der Waals surface area contributed by atoms with E-state index in [1.54, 1.807) is 0 Å². The molecule has 0 radical (unpaired) electrons. The van der Waals surface area contributed by atoms with Crippen molar-refractivity contribution in [3.05, 3.63) is 29.8 Å². The van der Waals surface area contributed by atoms with Gasteiger partial charge < -0.3 is 10.1 Å². The van der Waals surface area contributed by atoms with Gasteiger partial charge in [0.15, 0.2) is 0 Å². The Balaban J connectivity index is 1.78. The molecule has 0 atom stereocenters. The molecule has 6 nitrogen and oxygen atoms in total. The second-order valence-electron chi connectivity index (χ2n) is 6.46. The Kier molecular flexibility index (Phi) is 7.87. The molecule has 1 aliphatic rings. The van der Waals surface area contributed by atoms with Crippen molar-refractivity contribution in [1.29, 1.82) is 0 Å². The van der Waals surface area contributed by atoms with Gasteiger partial charge in [0.25, 0.3) is 5.91 Å². The Bertz CT molecular complexity index is 638. The fourth-order valence-electron chi connectivity index (χ4n) is 3.14. The van der Waals surface area contributed by atoms with Crippen molar-refractivity contribution in [1.82, 2.24) is 10.0 Å². The molecule has 0 aliphatic heterocycles. The Labute approximate surface area is 150 Å². The Morgan fingerprint density at radius 3 is 2.48 bits per heavy atom. The number of ether oxygens (including phenoxy) is 1. The van der Waals surface area contributed by atoms with Gasteiger partial charge in [-0.3, -0.25) is 4.79 Å². The zero-order chi connectivity index (χ0) is 18.1. The highest BCUT2D eigenvalue weighted by atomic mass is 32.2. The summed E-state index contributed by atoms with van der Waals surface area (Å²) in [4.78, 5) is 12.3. The van der Waals surface area contributed by atoms with Crippen molar-refractivity contribution in [3.8, 4) is 0 Å². The van der Waals surface area contributed by atoms with Crippen molar-refractivity contribution >= 4 is 15.9 Å². The van der Waals surface area contributed by atoms with Gasteiger partial charge in [0.2, 0.25) is 10.0 Å². The van der Waals surface area contributed by atoms with Crippen LogP contribution >= 0.6 is 0 Å². The van der Waals surface area contributed by atoms with Gasteiger partial charge in [0, 0.05) is 25.8 Å². The molecule has 0 spiro atoms. The summed E-state index contributed by atoms with van der Waals surface area (Å²) in [6.07, 6.45) is 7.49. The Morgan fingerprint density at radius 2 is 1.84 bits per heavy atom. The van der Waals surface area contributed by atoms with Crippen LogP contribution in [0.1, 0.15) is 48.9 Å². The number of rotatable bonds is 10. The predicted molar refractivity (Wildman–Crippen MR) is 97.0 cm³/mol. The molecule has 2 rings (SSSR count). The summed E-state index contributed by atoms with van der Waals surface area (Å²) in [7, 11) is -2.06. The summed E-state index contributed by atoms with van der Waals surface area (Å²) in [5, 5.41) is 2.90. The zero-order valence-electron chi connectivity index (χ0n) is 14.8. The Morgan fingerprint density at radius 1 is 1.16 bits per heavy atom.